The van der Waals surface area contributed by atoms with E-state index in [1.807, 2.05) is 64.5 Å². The van der Waals surface area contributed by atoms with Gasteiger partial charge >= 0.3 is 0 Å². The summed E-state index contributed by atoms with van der Waals surface area (Å²) < 4.78 is 1.94. The lowest BCUT2D eigenvalue weighted by Gasteiger charge is -2.34. The van der Waals surface area contributed by atoms with Gasteiger partial charge in [0.15, 0.2) is 5.13 Å². The molecule has 5 rings (SSSR count). The first-order chi connectivity index (χ1) is 13.7. The van der Waals surface area contributed by atoms with Crippen molar-refractivity contribution in [3.05, 3.63) is 58.5 Å². The van der Waals surface area contributed by atoms with Crippen LogP contribution in [0.25, 0.3) is 15.9 Å². The minimum absolute atomic E-state index is 0.110. The van der Waals surface area contributed by atoms with E-state index in [1.54, 1.807) is 11.3 Å². The van der Waals surface area contributed by atoms with Crippen LogP contribution in [-0.4, -0.2) is 51.8 Å². The largest absolute Gasteiger partial charge is 0.345 e. The Balaban J connectivity index is 1.39. The lowest BCUT2D eigenvalue weighted by atomic mass is 10.2. The normalized spacial score (nSPS) is 14.8. The molecule has 0 N–H and O–H groups in total. The van der Waals surface area contributed by atoms with Gasteiger partial charge in [0.25, 0.3) is 5.91 Å². The molecule has 28 heavy (non-hydrogen) atoms. The number of anilines is 1. The van der Waals surface area contributed by atoms with Crippen LogP contribution in [0, 0.1) is 6.92 Å². The molecule has 1 aromatic carbocycles. The van der Waals surface area contributed by atoms with Crippen molar-refractivity contribution in [2.45, 2.75) is 6.92 Å². The number of carbonyl (C=O) groups is 1. The summed E-state index contributed by atoms with van der Waals surface area (Å²) in [5.74, 6) is 0.110. The van der Waals surface area contributed by atoms with Crippen molar-refractivity contribution >= 4 is 43.9 Å². The zero-order valence-electron chi connectivity index (χ0n) is 15.4. The SMILES string of the molecule is Cc1nn(-c2ccccc2)c2sc(C(=O)N3CCN(c4nccs4)CC3)cc12. The predicted molar refractivity (Wildman–Crippen MR) is 114 cm³/mol. The second-order valence-corrected chi connectivity index (χ2v) is 8.66. The molecular formula is C20H19N5OS2. The number of nitrogens with zero attached hydrogens (tertiary/aromatic N) is 5. The minimum Gasteiger partial charge on any atom is -0.345 e. The Labute approximate surface area is 170 Å². The second-order valence-electron chi connectivity index (χ2n) is 6.76. The number of amides is 1. The van der Waals surface area contributed by atoms with Crippen LogP contribution in [0.2, 0.25) is 0 Å². The molecule has 0 spiro atoms. The van der Waals surface area contributed by atoms with Crippen molar-refractivity contribution in [2.75, 3.05) is 31.1 Å². The van der Waals surface area contributed by atoms with Crippen molar-refractivity contribution in [1.82, 2.24) is 19.7 Å². The molecule has 0 bridgehead atoms. The number of rotatable bonds is 3. The number of para-hydroxylation sites is 1. The molecule has 1 fully saturated rings. The van der Waals surface area contributed by atoms with Crippen LogP contribution in [0.4, 0.5) is 5.13 Å². The van der Waals surface area contributed by atoms with Crippen molar-refractivity contribution in [3.8, 4) is 5.69 Å². The zero-order chi connectivity index (χ0) is 19.1. The number of hydrogen-bond acceptors (Lipinski definition) is 6. The van der Waals surface area contributed by atoms with Gasteiger partial charge in [0.05, 0.1) is 16.3 Å². The van der Waals surface area contributed by atoms with Gasteiger partial charge in [0.2, 0.25) is 0 Å². The Morgan fingerprint density at radius 1 is 1.11 bits per heavy atom. The second kappa shape index (κ2) is 7.03. The van der Waals surface area contributed by atoms with Gasteiger partial charge in [-0.05, 0) is 25.1 Å². The number of aromatic nitrogens is 3. The molecular weight excluding hydrogens is 390 g/mol. The molecule has 142 valence electrons. The van der Waals surface area contributed by atoms with E-state index >= 15 is 0 Å². The quantitative estimate of drug-likeness (QED) is 0.516. The molecule has 4 heterocycles. The fraction of sp³-hybridized carbons (Fsp3) is 0.250. The van der Waals surface area contributed by atoms with E-state index in [-0.39, 0.29) is 5.91 Å². The third-order valence-corrected chi connectivity index (χ3v) is 6.94. The molecule has 6 nitrogen and oxygen atoms in total. The highest BCUT2D eigenvalue weighted by atomic mass is 32.1. The number of carbonyl (C=O) groups excluding carboxylic acids is 1. The monoisotopic (exact) mass is 409 g/mol. The molecule has 0 saturated carbocycles. The van der Waals surface area contributed by atoms with Gasteiger partial charge in [-0.25, -0.2) is 9.67 Å². The van der Waals surface area contributed by atoms with Gasteiger partial charge in [-0.3, -0.25) is 4.79 Å². The highest BCUT2D eigenvalue weighted by Gasteiger charge is 2.25. The topological polar surface area (TPSA) is 54.3 Å². The van der Waals surface area contributed by atoms with E-state index in [2.05, 4.69) is 15.0 Å². The minimum atomic E-state index is 0.110. The number of aryl methyl sites for hydroxylation is 1. The van der Waals surface area contributed by atoms with E-state index in [9.17, 15) is 4.79 Å². The standard InChI is InChI=1S/C20H19N5OS2/c1-14-16-13-17(28-19(16)25(22-14)15-5-3-2-4-6-15)18(26)23-8-10-24(11-9-23)20-21-7-12-27-20/h2-7,12-13H,8-11H2,1H3. The Morgan fingerprint density at radius 3 is 2.61 bits per heavy atom. The summed E-state index contributed by atoms with van der Waals surface area (Å²) in [6.45, 7) is 5.07. The number of hydrogen-bond donors (Lipinski definition) is 0. The molecule has 3 aromatic heterocycles. The van der Waals surface area contributed by atoms with Crippen LogP contribution in [0.3, 0.4) is 0 Å². The number of fused-ring (bicyclic) bond motifs is 1. The maximum Gasteiger partial charge on any atom is 0.264 e. The number of piperazine rings is 1. The first kappa shape index (κ1) is 17.4. The summed E-state index contributed by atoms with van der Waals surface area (Å²) in [5.41, 5.74) is 1.96. The third-order valence-electron chi connectivity index (χ3n) is 5.01. The van der Waals surface area contributed by atoms with Crippen molar-refractivity contribution < 1.29 is 4.79 Å². The Morgan fingerprint density at radius 2 is 1.89 bits per heavy atom. The first-order valence-corrected chi connectivity index (χ1v) is 10.9. The van der Waals surface area contributed by atoms with Gasteiger partial charge in [-0.15, -0.1) is 22.7 Å². The number of thiophene rings is 1. The zero-order valence-corrected chi connectivity index (χ0v) is 17.0. The van der Waals surface area contributed by atoms with Crippen molar-refractivity contribution in [2.24, 2.45) is 0 Å². The predicted octanol–water partition coefficient (Wildman–Crippen LogP) is 3.81. The van der Waals surface area contributed by atoms with E-state index in [0.29, 0.717) is 0 Å². The lowest BCUT2D eigenvalue weighted by molar-refractivity contribution is 0.0751. The Bertz CT molecular complexity index is 1110. The molecule has 1 saturated heterocycles. The average Bonchev–Trinajstić information content (AvgIpc) is 3.47. The van der Waals surface area contributed by atoms with Gasteiger partial charge in [-0.1, -0.05) is 18.2 Å². The summed E-state index contributed by atoms with van der Waals surface area (Å²) in [4.78, 5) is 23.5. The lowest BCUT2D eigenvalue weighted by Crippen LogP contribution is -2.48. The molecule has 0 radical (unpaired) electrons. The summed E-state index contributed by atoms with van der Waals surface area (Å²) in [5, 5.41) is 8.74. The number of thiazole rings is 1. The summed E-state index contributed by atoms with van der Waals surface area (Å²) in [6, 6.07) is 12.1. The third kappa shape index (κ3) is 2.98. The van der Waals surface area contributed by atoms with Crippen LogP contribution in [-0.2, 0) is 0 Å². The molecule has 1 aliphatic rings. The fourth-order valence-corrected chi connectivity index (χ4v) is 5.37. The maximum absolute atomic E-state index is 13.1. The molecule has 0 aliphatic carbocycles. The summed E-state index contributed by atoms with van der Waals surface area (Å²) in [6.07, 6.45) is 1.83. The van der Waals surface area contributed by atoms with E-state index in [0.717, 1.165) is 57.8 Å². The molecule has 8 heteroatoms. The molecule has 1 aliphatic heterocycles. The van der Waals surface area contributed by atoms with Gasteiger partial charge in [-0.2, -0.15) is 5.10 Å². The Hall–Kier alpha value is -2.71. The molecule has 0 unspecified atom stereocenters. The van der Waals surface area contributed by atoms with E-state index < -0.39 is 0 Å². The Kier molecular flexibility index (Phi) is 4.37. The van der Waals surface area contributed by atoms with Gasteiger partial charge in [0.1, 0.15) is 4.83 Å². The molecule has 0 atom stereocenters. The summed E-state index contributed by atoms with van der Waals surface area (Å²) >= 11 is 3.17. The van der Waals surface area contributed by atoms with Crippen molar-refractivity contribution in [1.29, 1.82) is 0 Å². The molecule has 4 aromatic rings. The van der Waals surface area contributed by atoms with Crippen LogP contribution in [0.1, 0.15) is 15.4 Å². The summed E-state index contributed by atoms with van der Waals surface area (Å²) in [7, 11) is 0. The van der Waals surface area contributed by atoms with E-state index in [1.165, 1.54) is 11.3 Å². The van der Waals surface area contributed by atoms with Crippen LogP contribution in [0.15, 0.2) is 48.0 Å². The van der Waals surface area contributed by atoms with Crippen LogP contribution < -0.4 is 4.90 Å². The van der Waals surface area contributed by atoms with Crippen LogP contribution >= 0.6 is 22.7 Å². The first-order valence-electron chi connectivity index (χ1n) is 9.19. The average molecular weight is 410 g/mol. The molecule has 1 amide bonds. The fourth-order valence-electron chi connectivity index (χ4n) is 3.53. The van der Waals surface area contributed by atoms with Crippen molar-refractivity contribution in [3.63, 3.8) is 0 Å². The van der Waals surface area contributed by atoms with Gasteiger partial charge < -0.3 is 9.80 Å². The highest BCUT2D eigenvalue weighted by molar-refractivity contribution is 7.20. The van der Waals surface area contributed by atoms with E-state index in [4.69, 9.17) is 0 Å². The highest BCUT2D eigenvalue weighted by Crippen LogP contribution is 2.31. The maximum atomic E-state index is 13.1. The van der Waals surface area contributed by atoms with Crippen LogP contribution in [0.5, 0.6) is 0 Å². The smallest absolute Gasteiger partial charge is 0.264 e. The number of benzene rings is 1. The van der Waals surface area contributed by atoms with Gasteiger partial charge in [0, 0.05) is 43.1 Å².